The van der Waals surface area contributed by atoms with E-state index in [1.807, 2.05) is 51.4 Å². The number of nitrogens with zero attached hydrogens (tertiary/aromatic N) is 2. The monoisotopic (exact) mass is 437 g/mol. The summed E-state index contributed by atoms with van der Waals surface area (Å²) in [6.07, 6.45) is 4.51. The number of aromatic nitrogens is 1. The van der Waals surface area contributed by atoms with Gasteiger partial charge in [0, 0.05) is 48.8 Å². The topological polar surface area (TPSA) is 62.3 Å². The number of carbonyl (C=O) groups is 2. The molecule has 0 aliphatic carbocycles. The van der Waals surface area contributed by atoms with Crippen LogP contribution in [0, 0.1) is 12.8 Å². The lowest BCUT2D eigenvalue weighted by Crippen LogP contribution is -2.42. The Labute approximate surface area is 193 Å². The van der Waals surface area contributed by atoms with E-state index in [4.69, 9.17) is 0 Å². The SMILES string of the molecule is CCC(=O)c1ccc(C[C@@H](CNC(=O)C[C@H](CC(C)C)c2ccccn2)N(C)C)c(C)c1. The van der Waals surface area contributed by atoms with Crippen molar-refractivity contribution in [2.24, 2.45) is 5.92 Å². The van der Waals surface area contributed by atoms with Crippen molar-refractivity contribution in [2.45, 2.75) is 65.3 Å². The number of Topliss-reactive ketones (excluding diaryl/α,β-unsaturated/α-hetero) is 1. The molecule has 0 radical (unpaired) electrons. The first kappa shape index (κ1) is 25.7. The van der Waals surface area contributed by atoms with Gasteiger partial charge >= 0.3 is 0 Å². The fraction of sp³-hybridized carbons (Fsp3) is 0.519. The van der Waals surface area contributed by atoms with Crippen LogP contribution in [0.5, 0.6) is 0 Å². The molecule has 0 aliphatic rings. The van der Waals surface area contributed by atoms with Crippen molar-refractivity contribution in [1.82, 2.24) is 15.2 Å². The van der Waals surface area contributed by atoms with Crippen LogP contribution in [0.1, 0.15) is 73.1 Å². The van der Waals surface area contributed by atoms with Gasteiger partial charge in [0.15, 0.2) is 5.78 Å². The fourth-order valence-corrected chi connectivity index (χ4v) is 4.02. The van der Waals surface area contributed by atoms with Gasteiger partial charge in [-0.05, 0) is 69.1 Å². The Kier molecular flexibility index (Phi) is 10.0. The molecule has 5 heteroatoms. The second kappa shape index (κ2) is 12.5. The quantitative estimate of drug-likeness (QED) is 0.485. The molecule has 1 amide bonds. The fourth-order valence-electron chi connectivity index (χ4n) is 4.02. The number of aryl methyl sites for hydroxylation is 1. The van der Waals surface area contributed by atoms with Gasteiger partial charge in [0.25, 0.3) is 0 Å². The van der Waals surface area contributed by atoms with Crippen molar-refractivity contribution in [3.63, 3.8) is 0 Å². The van der Waals surface area contributed by atoms with Crippen LogP contribution in [0.2, 0.25) is 0 Å². The molecular formula is C27H39N3O2. The summed E-state index contributed by atoms with van der Waals surface area (Å²) in [4.78, 5) is 31.4. The lowest BCUT2D eigenvalue weighted by Gasteiger charge is -2.26. The highest BCUT2D eigenvalue weighted by molar-refractivity contribution is 5.96. The maximum absolute atomic E-state index is 12.8. The minimum atomic E-state index is 0.0637. The van der Waals surface area contributed by atoms with Crippen LogP contribution in [0.4, 0.5) is 0 Å². The van der Waals surface area contributed by atoms with Gasteiger partial charge in [0.2, 0.25) is 5.91 Å². The van der Waals surface area contributed by atoms with Gasteiger partial charge in [-0.2, -0.15) is 0 Å². The third kappa shape index (κ3) is 7.86. The summed E-state index contributed by atoms with van der Waals surface area (Å²) in [6, 6.07) is 12.0. The van der Waals surface area contributed by atoms with Crippen LogP contribution >= 0.6 is 0 Å². The van der Waals surface area contributed by atoms with Crippen LogP contribution in [-0.4, -0.2) is 48.3 Å². The van der Waals surface area contributed by atoms with E-state index in [0.717, 1.165) is 29.7 Å². The molecule has 0 unspecified atom stereocenters. The van der Waals surface area contributed by atoms with E-state index >= 15 is 0 Å². The summed E-state index contributed by atoms with van der Waals surface area (Å²) in [7, 11) is 4.08. The summed E-state index contributed by atoms with van der Waals surface area (Å²) >= 11 is 0. The average molecular weight is 438 g/mol. The number of hydrogen-bond acceptors (Lipinski definition) is 4. The van der Waals surface area contributed by atoms with Crippen molar-refractivity contribution in [3.8, 4) is 0 Å². The summed E-state index contributed by atoms with van der Waals surface area (Å²) in [6.45, 7) is 8.87. The molecule has 1 heterocycles. The van der Waals surface area contributed by atoms with E-state index in [-0.39, 0.29) is 23.7 Å². The Morgan fingerprint density at radius 3 is 2.44 bits per heavy atom. The molecule has 0 saturated heterocycles. The number of ketones is 1. The third-order valence-corrected chi connectivity index (χ3v) is 6.00. The Hall–Kier alpha value is -2.53. The number of nitrogens with one attached hydrogen (secondary N) is 1. The molecule has 1 aromatic heterocycles. The van der Waals surface area contributed by atoms with Gasteiger partial charge < -0.3 is 10.2 Å². The number of benzene rings is 1. The third-order valence-electron chi connectivity index (χ3n) is 6.00. The summed E-state index contributed by atoms with van der Waals surface area (Å²) < 4.78 is 0. The molecule has 0 spiro atoms. The highest BCUT2D eigenvalue weighted by Crippen LogP contribution is 2.25. The molecule has 2 atom stereocenters. The lowest BCUT2D eigenvalue weighted by atomic mass is 9.90. The maximum atomic E-state index is 12.8. The summed E-state index contributed by atoms with van der Waals surface area (Å²) in [5.74, 6) is 0.850. The first-order chi connectivity index (χ1) is 15.2. The van der Waals surface area contributed by atoms with Crippen LogP contribution < -0.4 is 5.32 Å². The van der Waals surface area contributed by atoms with Crippen molar-refractivity contribution < 1.29 is 9.59 Å². The predicted molar refractivity (Wildman–Crippen MR) is 131 cm³/mol. The standard InChI is InChI=1S/C27H39N3O2/c1-7-26(31)22-12-11-21(20(4)15-22)16-24(30(5)6)18-29-27(32)17-23(14-19(2)3)25-10-8-9-13-28-25/h8-13,15,19,23-24H,7,14,16-18H2,1-6H3,(H,29,32)/t23-,24-/m0/s1. The van der Waals surface area contributed by atoms with Gasteiger partial charge in [-0.1, -0.05) is 39.0 Å². The molecule has 32 heavy (non-hydrogen) atoms. The normalized spacial score (nSPS) is 13.2. The van der Waals surface area contributed by atoms with Crippen LogP contribution in [-0.2, 0) is 11.2 Å². The number of amides is 1. The van der Waals surface area contributed by atoms with E-state index in [1.165, 1.54) is 5.56 Å². The van der Waals surface area contributed by atoms with E-state index in [9.17, 15) is 9.59 Å². The Bertz CT molecular complexity index is 878. The zero-order valence-corrected chi connectivity index (χ0v) is 20.5. The zero-order chi connectivity index (χ0) is 23.7. The minimum absolute atomic E-state index is 0.0637. The zero-order valence-electron chi connectivity index (χ0n) is 20.5. The van der Waals surface area contributed by atoms with Gasteiger partial charge in [-0.25, -0.2) is 0 Å². The summed E-state index contributed by atoms with van der Waals surface area (Å²) in [5.41, 5.74) is 4.08. The lowest BCUT2D eigenvalue weighted by molar-refractivity contribution is -0.121. The number of hydrogen-bond donors (Lipinski definition) is 1. The highest BCUT2D eigenvalue weighted by atomic mass is 16.1. The molecule has 5 nitrogen and oxygen atoms in total. The second-order valence-corrected chi connectivity index (χ2v) is 9.33. The number of likely N-dealkylation sites (N-methyl/N-ethyl adjacent to an activating group) is 1. The smallest absolute Gasteiger partial charge is 0.220 e. The van der Waals surface area contributed by atoms with Crippen LogP contribution in [0.15, 0.2) is 42.6 Å². The molecule has 2 rings (SSSR count). The van der Waals surface area contributed by atoms with Crippen molar-refractivity contribution in [1.29, 1.82) is 0 Å². The first-order valence-corrected chi connectivity index (χ1v) is 11.7. The van der Waals surface area contributed by atoms with E-state index in [0.29, 0.717) is 25.3 Å². The number of pyridine rings is 1. The number of rotatable bonds is 12. The second-order valence-electron chi connectivity index (χ2n) is 9.33. The highest BCUT2D eigenvalue weighted by Gasteiger charge is 2.20. The van der Waals surface area contributed by atoms with Crippen molar-refractivity contribution >= 4 is 11.7 Å². The van der Waals surface area contributed by atoms with Crippen LogP contribution in [0.3, 0.4) is 0 Å². The molecule has 2 aromatic rings. The molecule has 0 saturated carbocycles. The largest absolute Gasteiger partial charge is 0.355 e. The Morgan fingerprint density at radius 1 is 1.12 bits per heavy atom. The van der Waals surface area contributed by atoms with Crippen molar-refractivity contribution in [2.75, 3.05) is 20.6 Å². The van der Waals surface area contributed by atoms with E-state index < -0.39 is 0 Å². The molecule has 1 aromatic carbocycles. The van der Waals surface area contributed by atoms with Gasteiger partial charge in [-0.3, -0.25) is 14.6 Å². The van der Waals surface area contributed by atoms with Gasteiger partial charge in [0.1, 0.15) is 0 Å². The van der Waals surface area contributed by atoms with Crippen molar-refractivity contribution in [3.05, 3.63) is 65.0 Å². The van der Waals surface area contributed by atoms with Gasteiger partial charge in [0.05, 0.1) is 0 Å². The first-order valence-electron chi connectivity index (χ1n) is 11.7. The van der Waals surface area contributed by atoms with Gasteiger partial charge in [-0.15, -0.1) is 0 Å². The predicted octanol–water partition coefficient (Wildman–Crippen LogP) is 4.79. The Morgan fingerprint density at radius 2 is 1.88 bits per heavy atom. The number of carbonyl (C=O) groups excluding carboxylic acids is 2. The Balaban J connectivity index is 2.01. The molecular weight excluding hydrogens is 398 g/mol. The van der Waals surface area contributed by atoms with Crippen LogP contribution in [0.25, 0.3) is 0 Å². The average Bonchev–Trinajstić information content (AvgIpc) is 2.76. The van der Waals surface area contributed by atoms with E-state index in [1.54, 1.807) is 6.20 Å². The molecule has 1 N–H and O–H groups in total. The van der Waals surface area contributed by atoms with E-state index in [2.05, 4.69) is 42.0 Å². The summed E-state index contributed by atoms with van der Waals surface area (Å²) in [5, 5.41) is 3.15. The maximum Gasteiger partial charge on any atom is 0.220 e. The molecule has 0 aliphatic heterocycles. The minimum Gasteiger partial charge on any atom is -0.355 e. The molecule has 174 valence electrons. The molecule has 0 fully saturated rings. The molecule has 0 bridgehead atoms.